The molecule has 0 aromatic heterocycles. The van der Waals surface area contributed by atoms with Crippen molar-refractivity contribution in [2.24, 2.45) is 5.41 Å². The molecule has 0 unspecified atom stereocenters. The van der Waals surface area contributed by atoms with Crippen LogP contribution in [0.1, 0.15) is 31.4 Å². The van der Waals surface area contributed by atoms with E-state index in [1.165, 1.54) is 12.1 Å². The van der Waals surface area contributed by atoms with Crippen LogP contribution in [-0.4, -0.2) is 29.0 Å². The van der Waals surface area contributed by atoms with Gasteiger partial charge in [-0.05, 0) is 31.0 Å². The summed E-state index contributed by atoms with van der Waals surface area (Å²) in [6, 6.07) is 6.43. The second-order valence-electron chi connectivity index (χ2n) is 5.84. The first-order valence-electron chi connectivity index (χ1n) is 6.82. The molecule has 104 valence electrons. The molecule has 0 bridgehead atoms. The summed E-state index contributed by atoms with van der Waals surface area (Å²) in [6.45, 7) is 3.38. The van der Waals surface area contributed by atoms with E-state index in [1.54, 1.807) is 11.1 Å². The van der Waals surface area contributed by atoms with Crippen molar-refractivity contribution in [3.05, 3.63) is 35.6 Å². The smallest absolute Gasteiger partial charge is 0.245 e. The Kier molecular flexibility index (Phi) is 3.02. The lowest BCUT2D eigenvalue weighted by Gasteiger charge is -2.26. The summed E-state index contributed by atoms with van der Waals surface area (Å²) in [5, 5.41) is 3.83. The summed E-state index contributed by atoms with van der Waals surface area (Å²) in [4.78, 5) is 12.7. The van der Waals surface area contributed by atoms with Crippen molar-refractivity contribution in [2.75, 3.05) is 13.1 Å². The average molecular weight is 272 g/mol. The highest BCUT2D eigenvalue weighted by atomic mass is 19.1. The van der Waals surface area contributed by atoms with Crippen LogP contribution in [0.5, 0.6) is 0 Å². The molecule has 0 spiro atoms. The van der Waals surface area contributed by atoms with Crippen LogP contribution < -0.4 is 0 Å². The van der Waals surface area contributed by atoms with Crippen LogP contribution in [-0.2, 0) is 4.79 Å². The zero-order chi connectivity index (χ0) is 14.3. The van der Waals surface area contributed by atoms with Gasteiger partial charge in [0.2, 0.25) is 5.91 Å². The summed E-state index contributed by atoms with van der Waals surface area (Å²) in [5.41, 5.74) is 0.339. The molecule has 3 rings (SSSR count). The van der Waals surface area contributed by atoms with Gasteiger partial charge in [0.25, 0.3) is 0 Å². The van der Waals surface area contributed by atoms with Crippen LogP contribution >= 0.6 is 0 Å². The molecule has 1 amide bonds. The van der Waals surface area contributed by atoms with Crippen LogP contribution in [0.3, 0.4) is 0 Å². The van der Waals surface area contributed by atoms with E-state index in [4.69, 9.17) is 6.42 Å². The highest BCUT2D eigenvalue weighted by Gasteiger charge is 2.52. The molecule has 0 aliphatic carbocycles. The summed E-state index contributed by atoms with van der Waals surface area (Å²) < 4.78 is 13.4. The molecule has 0 saturated carbocycles. The number of hydrogen-bond acceptors (Lipinski definition) is 2. The topological polar surface area (TPSA) is 23.6 Å². The van der Waals surface area contributed by atoms with Gasteiger partial charge in [0.15, 0.2) is 0 Å². The predicted molar refractivity (Wildman–Crippen MR) is 73.7 cm³/mol. The van der Waals surface area contributed by atoms with Gasteiger partial charge in [0, 0.05) is 19.5 Å². The van der Waals surface area contributed by atoms with Crippen LogP contribution in [0, 0.1) is 23.6 Å². The zero-order valence-electron chi connectivity index (χ0n) is 11.5. The highest BCUT2D eigenvalue weighted by molar-refractivity contribution is 5.85. The van der Waals surface area contributed by atoms with Crippen molar-refractivity contribution >= 4 is 5.91 Å². The molecule has 4 heteroatoms. The van der Waals surface area contributed by atoms with Gasteiger partial charge in [0.05, 0.1) is 11.5 Å². The standard InChI is InChI=1S/C16H17FN2O/c1-3-8-16(2)11-18-9-7-14(19(18)15(16)20)12-5-4-6-13(17)10-12/h1,4-6,10,14H,7-9,11H2,2H3/t14-,16-/m0/s1. The first kappa shape index (κ1) is 13.1. The van der Waals surface area contributed by atoms with E-state index in [0.29, 0.717) is 13.0 Å². The Balaban J connectivity index is 1.91. The fourth-order valence-electron chi connectivity index (χ4n) is 3.25. The Hall–Kier alpha value is -1.86. The fraction of sp³-hybridized carbons (Fsp3) is 0.438. The van der Waals surface area contributed by atoms with E-state index in [-0.39, 0.29) is 17.8 Å². The summed E-state index contributed by atoms with van der Waals surface area (Å²) in [7, 11) is 0. The monoisotopic (exact) mass is 272 g/mol. The third-order valence-corrected chi connectivity index (χ3v) is 4.24. The number of nitrogens with zero attached hydrogens (tertiary/aromatic N) is 2. The quantitative estimate of drug-likeness (QED) is 0.772. The fourth-order valence-corrected chi connectivity index (χ4v) is 3.25. The number of amides is 1. The Morgan fingerprint density at radius 1 is 1.55 bits per heavy atom. The Morgan fingerprint density at radius 2 is 2.35 bits per heavy atom. The minimum Gasteiger partial charge on any atom is -0.273 e. The predicted octanol–water partition coefficient (Wildman–Crippen LogP) is 2.36. The molecule has 2 heterocycles. The van der Waals surface area contributed by atoms with E-state index < -0.39 is 5.41 Å². The Bertz CT molecular complexity index is 594. The lowest BCUT2D eigenvalue weighted by molar-refractivity contribution is -0.142. The Morgan fingerprint density at radius 3 is 3.05 bits per heavy atom. The molecule has 20 heavy (non-hydrogen) atoms. The van der Waals surface area contributed by atoms with Crippen molar-refractivity contribution in [3.8, 4) is 12.3 Å². The average Bonchev–Trinajstić information content (AvgIpc) is 2.90. The SMILES string of the molecule is C#CC[C@@]1(C)CN2CC[C@@H](c3cccc(F)c3)N2C1=O. The molecule has 2 aliphatic heterocycles. The zero-order valence-corrected chi connectivity index (χ0v) is 11.5. The van der Waals surface area contributed by atoms with Crippen molar-refractivity contribution < 1.29 is 9.18 Å². The number of rotatable bonds is 2. The maximum atomic E-state index is 13.4. The second-order valence-corrected chi connectivity index (χ2v) is 5.84. The van der Waals surface area contributed by atoms with Gasteiger partial charge in [0.1, 0.15) is 5.82 Å². The van der Waals surface area contributed by atoms with Crippen molar-refractivity contribution in [1.82, 2.24) is 10.0 Å². The summed E-state index contributed by atoms with van der Waals surface area (Å²) >= 11 is 0. The molecule has 1 aromatic rings. The van der Waals surface area contributed by atoms with Crippen LogP contribution in [0.25, 0.3) is 0 Å². The van der Waals surface area contributed by atoms with Gasteiger partial charge in [-0.2, -0.15) is 0 Å². The number of terminal acetylenes is 1. The number of carbonyl (C=O) groups excluding carboxylic acids is 1. The van der Waals surface area contributed by atoms with E-state index in [2.05, 4.69) is 10.9 Å². The van der Waals surface area contributed by atoms with Gasteiger partial charge in [-0.25, -0.2) is 9.40 Å². The van der Waals surface area contributed by atoms with Crippen molar-refractivity contribution in [1.29, 1.82) is 0 Å². The maximum Gasteiger partial charge on any atom is 0.245 e. The number of hydrogen-bond donors (Lipinski definition) is 0. The normalized spacial score (nSPS) is 29.6. The first-order chi connectivity index (χ1) is 9.55. The number of fused-ring (bicyclic) bond motifs is 1. The molecule has 1 aromatic carbocycles. The van der Waals surface area contributed by atoms with E-state index in [1.807, 2.05) is 13.0 Å². The molecule has 0 radical (unpaired) electrons. The number of hydrazine groups is 1. The van der Waals surface area contributed by atoms with Gasteiger partial charge in [-0.1, -0.05) is 12.1 Å². The van der Waals surface area contributed by atoms with Crippen LogP contribution in [0.2, 0.25) is 0 Å². The summed E-state index contributed by atoms with van der Waals surface area (Å²) in [5.74, 6) is 2.39. The highest BCUT2D eigenvalue weighted by Crippen LogP contribution is 2.43. The van der Waals surface area contributed by atoms with Crippen LogP contribution in [0.15, 0.2) is 24.3 Å². The molecule has 2 atom stereocenters. The Labute approximate surface area is 118 Å². The van der Waals surface area contributed by atoms with Gasteiger partial charge < -0.3 is 0 Å². The molecule has 2 fully saturated rings. The molecular formula is C16H17FN2O. The number of halogens is 1. The van der Waals surface area contributed by atoms with Crippen molar-refractivity contribution in [2.45, 2.75) is 25.8 Å². The third-order valence-electron chi connectivity index (χ3n) is 4.24. The first-order valence-corrected chi connectivity index (χ1v) is 6.82. The van der Waals surface area contributed by atoms with Crippen LogP contribution in [0.4, 0.5) is 4.39 Å². The molecule has 0 N–H and O–H groups in total. The number of carbonyl (C=O) groups is 1. The van der Waals surface area contributed by atoms with Crippen molar-refractivity contribution in [3.63, 3.8) is 0 Å². The number of benzene rings is 1. The van der Waals surface area contributed by atoms with Gasteiger partial charge in [-0.15, -0.1) is 12.3 Å². The van der Waals surface area contributed by atoms with E-state index in [9.17, 15) is 9.18 Å². The second kappa shape index (κ2) is 4.60. The minimum atomic E-state index is -0.513. The largest absolute Gasteiger partial charge is 0.273 e. The lowest BCUT2D eigenvalue weighted by atomic mass is 9.86. The van der Waals surface area contributed by atoms with E-state index in [0.717, 1.165) is 18.5 Å². The minimum absolute atomic E-state index is 0.0576. The molecule has 3 nitrogen and oxygen atoms in total. The summed E-state index contributed by atoms with van der Waals surface area (Å²) in [6.07, 6.45) is 6.66. The van der Waals surface area contributed by atoms with Gasteiger partial charge >= 0.3 is 0 Å². The molecular weight excluding hydrogens is 255 g/mol. The molecule has 2 aliphatic rings. The lowest BCUT2D eigenvalue weighted by Crippen LogP contribution is -2.36. The van der Waals surface area contributed by atoms with Gasteiger partial charge in [-0.3, -0.25) is 9.80 Å². The van der Waals surface area contributed by atoms with E-state index >= 15 is 0 Å². The third kappa shape index (κ3) is 1.90. The molecule has 2 saturated heterocycles. The maximum absolute atomic E-state index is 13.4.